The minimum atomic E-state index is -0.318. The van der Waals surface area contributed by atoms with E-state index in [1.165, 1.54) is 12.1 Å². The van der Waals surface area contributed by atoms with Crippen molar-refractivity contribution >= 4 is 11.8 Å². The number of nitrogens with zero attached hydrogens (tertiary/aromatic N) is 2. The van der Waals surface area contributed by atoms with Crippen LogP contribution in [0.1, 0.15) is 42.8 Å². The molecule has 2 aliphatic rings. The van der Waals surface area contributed by atoms with Crippen LogP contribution < -0.4 is 0 Å². The zero-order valence-electron chi connectivity index (χ0n) is 17.9. The number of amides is 2. The van der Waals surface area contributed by atoms with Crippen molar-refractivity contribution in [2.24, 2.45) is 5.92 Å². The molecule has 1 aliphatic carbocycles. The number of hydrogen-bond acceptors (Lipinski definition) is 4. The molecule has 1 aromatic carbocycles. The Balaban J connectivity index is 1.49. The van der Waals surface area contributed by atoms with E-state index in [2.05, 4.69) is 0 Å². The van der Waals surface area contributed by atoms with Crippen molar-refractivity contribution in [3.8, 4) is 0 Å². The Morgan fingerprint density at radius 3 is 2.42 bits per heavy atom. The van der Waals surface area contributed by atoms with Crippen LogP contribution in [0.5, 0.6) is 0 Å². The Labute approximate surface area is 182 Å². The van der Waals surface area contributed by atoms with E-state index >= 15 is 0 Å². The standard InChI is InChI=1S/C24H29FN2O4/c1-17-4-11-22(31-17)15-26(13-18-5-9-20(25)10-6-18)23(28)16-27(24(29)19-7-8-19)14-21-3-2-12-30-21/h4-6,9-11,19,21H,2-3,7-8,12-16H2,1H3/t21-/m0/s1. The van der Waals surface area contributed by atoms with Gasteiger partial charge in [0.25, 0.3) is 0 Å². The van der Waals surface area contributed by atoms with Crippen LogP contribution in [0, 0.1) is 18.7 Å². The number of benzene rings is 1. The van der Waals surface area contributed by atoms with Crippen molar-refractivity contribution in [3.05, 3.63) is 59.3 Å². The number of carbonyl (C=O) groups is 2. The molecular weight excluding hydrogens is 399 g/mol. The Bertz CT molecular complexity index is 901. The highest BCUT2D eigenvalue weighted by Gasteiger charge is 2.36. The van der Waals surface area contributed by atoms with E-state index in [9.17, 15) is 14.0 Å². The summed E-state index contributed by atoms with van der Waals surface area (Å²) >= 11 is 0. The van der Waals surface area contributed by atoms with E-state index in [4.69, 9.17) is 9.15 Å². The van der Waals surface area contributed by atoms with Crippen LogP contribution >= 0.6 is 0 Å². The molecule has 1 saturated heterocycles. The fraction of sp³-hybridized carbons (Fsp3) is 0.500. The van der Waals surface area contributed by atoms with Gasteiger partial charge in [0.1, 0.15) is 17.3 Å². The van der Waals surface area contributed by atoms with Gasteiger partial charge in [-0.05, 0) is 62.4 Å². The molecule has 0 bridgehead atoms. The van der Waals surface area contributed by atoms with E-state index in [0.717, 1.165) is 37.0 Å². The zero-order valence-corrected chi connectivity index (χ0v) is 17.9. The highest BCUT2D eigenvalue weighted by molar-refractivity contribution is 5.87. The summed E-state index contributed by atoms with van der Waals surface area (Å²) in [7, 11) is 0. The largest absolute Gasteiger partial charge is 0.464 e. The minimum absolute atomic E-state index is 0.00577. The molecule has 1 atom stereocenters. The molecule has 0 N–H and O–H groups in total. The Hall–Kier alpha value is -2.67. The molecule has 0 radical (unpaired) electrons. The van der Waals surface area contributed by atoms with Gasteiger partial charge in [-0.15, -0.1) is 0 Å². The fourth-order valence-electron chi connectivity index (χ4n) is 3.92. The van der Waals surface area contributed by atoms with Crippen LogP contribution in [0.2, 0.25) is 0 Å². The van der Waals surface area contributed by atoms with Gasteiger partial charge in [0, 0.05) is 25.6 Å². The number of furan rings is 1. The molecule has 166 valence electrons. The second-order valence-electron chi connectivity index (χ2n) is 8.52. The Kier molecular flexibility index (Phi) is 6.70. The van der Waals surface area contributed by atoms with Crippen molar-refractivity contribution in [3.63, 3.8) is 0 Å². The van der Waals surface area contributed by atoms with Crippen LogP contribution in [0.4, 0.5) is 4.39 Å². The summed E-state index contributed by atoms with van der Waals surface area (Å²) in [6.45, 7) is 3.62. The van der Waals surface area contributed by atoms with Crippen LogP contribution in [0.25, 0.3) is 0 Å². The number of rotatable bonds is 9. The number of carbonyl (C=O) groups excluding carboxylic acids is 2. The van der Waals surface area contributed by atoms with E-state index in [-0.39, 0.29) is 42.7 Å². The van der Waals surface area contributed by atoms with Gasteiger partial charge >= 0.3 is 0 Å². The molecule has 31 heavy (non-hydrogen) atoms. The van der Waals surface area contributed by atoms with Crippen molar-refractivity contribution in [2.45, 2.75) is 51.8 Å². The maximum atomic E-state index is 13.3. The smallest absolute Gasteiger partial charge is 0.242 e. The maximum absolute atomic E-state index is 13.3. The molecule has 2 amide bonds. The summed E-state index contributed by atoms with van der Waals surface area (Å²) in [5.74, 6) is 1.04. The fourth-order valence-corrected chi connectivity index (χ4v) is 3.92. The molecule has 1 saturated carbocycles. The first-order valence-electron chi connectivity index (χ1n) is 11.0. The Morgan fingerprint density at radius 2 is 1.81 bits per heavy atom. The van der Waals surface area contributed by atoms with Crippen molar-refractivity contribution in [2.75, 3.05) is 19.7 Å². The molecule has 7 heteroatoms. The second-order valence-corrected chi connectivity index (χ2v) is 8.52. The van der Waals surface area contributed by atoms with Gasteiger partial charge in [0.05, 0.1) is 19.2 Å². The van der Waals surface area contributed by atoms with Gasteiger partial charge < -0.3 is 19.0 Å². The van der Waals surface area contributed by atoms with Gasteiger partial charge in [0.15, 0.2) is 0 Å². The number of hydrogen-bond donors (Lipinski definition) is 0. The van der Waals surface area contributed by atoms with Gasteiger partial charge in [-0.2, -0.15) is 0 Å². The molecule has 1 aliphatic heterocycles. The monoisotopic (exact) mass is 428 g/mol. The van der Waals surface area contributed by atoms with E-state index < -0.39 is 0 Å². The molecule has 2 aromatic rings. The van der Waals surface area contributed by atoms with Crippen molar-refractivity contribution in [1.29, 1.82) is 0 Å². The van der Waals surface area contributed by atoms with Gasteiger partial charge in [-0.1, -0.05) is 12.1 Å². The number of halogens is 1. The maximum Gasteiger partial charge on any atom is 0.242 e. The molecule has 1 aromatic heterocycles. The lowest BCUT2D eigenvalue weighted by atomic mass is 10.2. The highest BCUT2D eigenvalue weighted by atomic mass is 19.1. The van der Waals surface area contributed by atoms with Gasteiger partial charge in [-0.25, -0.2) is 4.39 Å². The number of ether oxygens (including phenoxy) is 1. The molecule has 6 nitrogen and oxygen atoms in total. The normalized spacial score (nSPS) is 18.2. The third-order valence-electron chi connectivity index (χ3n) is 5.79. The topological polar surface area (TPSA) is 63.0 Å². The average molecular weight is 429 g/mol. The lowest BCUT2D eigenvalue weighted by molar-refractivity contribution is -0.143. The van der Waals surface area contributed by atoms with E-state index in [0.29, 0.717) is 25.5 Å². The summed E-state index contributed by atoms with van der Waals surface area (Å²) in [6, 6.07) is 9.81. The summed E-state index contributed by atoms with van der Waals surface area (Å²) in [5.41, 5.74) is 0.817. The Morgan fingerprint density at radius 1 is 1.03 bits per heavy atom. The molecule has 4 rings (SSSR count). The first-order chi connectivity index (χ1) is 15.0. The summed E-state index contributed by atoms with van der Waals surface area (Å²) in [5, 5.41) is 0. The summed E-state index contributed by atoms with van der Waals surface area (Å²) < 4.78 is 24.7. The van der Waals surface area contributed by atoms with Gasteiger partial charge in [-0.3, -0.25) is 9.59 Å². The number of aryl methyl sites for hydroxylation is 1. The van der Waals surface area contributed by atoms with Gasteiger partial charge in [0.2, 0.25) is 11.8 Å². The molecule has 0 spiro atoms. The first kappa shape index (κ1) is 21.6. The SMILES string of the molecule is Cc1ccc(CN(Cc2ccc(F)cc2)C(=O)CN(C[C@@H]2CCCO2)C(=O)C2CC2)o1. The van der Waals surface area contributed by atoms with Crippen LogP contribution in [-0.2, 0) is 27.4 Å². The third kappa shape index (κ3) is 5.94. The molecule has 2 heterocycles. The van der Waals surface area contributed by atoms with Crippen LogP contribution in [0.3, 0.4) is 0 Å². The lowest BCUT2D eigenvalue weighted by Crippen LogP contribution is -2.45. The highest BCUT2D eigenvalue weighted by Crippen LogP contribution is 2.31. The quantitative estimate of drug-likeness (QED) is 0.611. The lowest BCUT2D eigenvalue weighted by Gasteiger charge is -2.29. The summed E-state index contributed by atoms with van der Waals surface area (Å²) in [6.07, 6.45) is 3.67. The third-order valence-corrected chi connectivity index (χ3v) is 5.79. The van der Waals surface area contributed by atoms with E-state index in [1.54, 1.807) is 21.9 Å². The minimum Gasteiger partial charge on any atom is -0.464 e. The van der Waals surface area contributed by atoms with Crippen molar-refractivity contribution in [1.82, 2.24) is 9.80 Å². The zero-order chi connectivity index (χ0) is 21.8. The van der Waals surface area contributed by atoms with Crippen LogP contribution in [-0.4, -0.2) is 47.4 Å². The molecule has 0 unspecified atom stereocenters. The average Bonchev–Trinajstić information content (AvgIpc) is 3.33. The van der Waals surface area contributed by atoms with Crippen LogP contribution in [0.15, 0.2) is 40.8 Å². The molecular formula is C24H29FN2O4. The molecule has 2 fully saturated rings. The second kappa shape index (κ2) is 9.64. The van der Waals surface area contributed by atoms with Crippen molar-refractivity contribution < 1.29 is 23.1 Å². The van der Waals surface area contributed by atoms with E-state index in [1.807, 2.05) is 19.1 Å². The predicted molar refractivity (Wildman–Crippen MR) is 112 cm³/mol. The first-order valence-corrected chi connectivity index (χ1v) is 11.0. The summed E-state index contributed by atoms with van der Waals surface area (Å²) in [4.78, 5) is 29.5. The predicted octanol–water partition coefficient (Wildman–Crippen LogP) is 3.67.